The second-order valence-electron chi connectivity index (χ2n) is 3.36. The van der Waals surface area contributed by atoms with E-state index in [1.165, 1.54) is 0 Å². The highest BCUT2D eigenvalue weighted by Gasteiger charge is 1.99. The Balaban J connectivity index is 1.84. The number of pyridine rings is 1. The summed E-state index contributed by atoms with van der Waals surface area (Å²) in [5.74, 6) is 0.783. The predicted octanol–water partition coefficient (Wildman–Crippen LogP) is 2.20. The largest absolute Gasteiger partial charge is 0.492 e. The lowest BCUT2D eigenvalue weighted by atomic mass is 10.3. The van der Waals surface area contributed by atoms with E-state index in [1.54, 1.807) is 12.4 Å². The standard InChI is InChI=1S/C11H12BrN3O/c1-15-9(4-6-14-15)5-7-16-10-2-3-11(12)13-8-10/h2-4,6,8H,5,7H2,1H3. The molecule has 2 heterocycles. The van der Waals surface area contributed by atoms with E-state index in [4.69, 9.17) is 4.74 Å². The normalized spacial score (nSPS) is 10.4. The SMILES string of the molecule is Cn1nccc1CCOc1ccc(Br)nc1. The smallest absolute Gasteiger partial charge is 0.137 e. The third kappa shape index (κ3) is 2.82. The van der Waals surface area contributed by atoms with Crippen LogP contribution in [0.25, 0.3) is 0 Å². The summed E-state index contributed by atoms with van der Waals surface area (Å²) in [7, 11) is 1.93. The van der Waals surface area contributed by atoms with Crippen LogP contribution in [0.1, 0.15) is 5.69 Å². The first-order chi connectivity index (χ1) is 7.75. The maximum Gasteiger partial charge on any atom is 0.137 e. The molecule has 2 aromatic heterocycles. The molecule has 0 atom stereocenters. The molecule has 2 rings (SSSR count). The molecule has 0 amide bonds. The Morgan fingerprint density at radius 3 is 2.88 bits per heavy atom. The van der Waals surface area contributed by atoms with Crippen molar-refractivity contribution in [2.75, 3.05) is 6.61 Å². The Bertz CT molecular complexity index is 453. The van der Waals surface area contributed by atoms with E-state index in [1.807, 2.05) is 29.9 Å². The van der Waals surface area contributed by atoms with E-state index in [0.29, 0.717) is 6.61 Å². The van der Waals surface area contributed by atoms with Gasteiger partial charge in [-0.15, -0.1) is 0 Å². The molecule has 0 fully saturated rings. The Morgan fingerprint density at radius 1 is 1.38 bits per heavy atom. The third-order valence-corrected chi connectivity index (χ3v) is 2.72. The van der Waals surface area contributed by atoms with Gasteiger partial charge in [-0.3, -0.25) is 4.68 Å². The van der Waals surface area contributed by atoms with Crippen LogP contribution in [0.5, 0.6) is 5.75 Å². The molecular weight excluding hydrogens is 270 g/mol. The summed E-state index contributed by atoms with van der Waals surface area (Å²) >= 11 is 3.28. The molecule has 0 N–H and O–H groups in total. The van der Waals surface area contributed by atoms with Gasteiger partial charge in [-0.25, -0.2) is 4.98 Å². The van der Waals surface area contributed by atoms with Gasteiger partial charge in [0, 0.05) is 25.4 Å². The minimum absolute atomic E-state index is 0.628. The highest BCUT2D eigenvalue weighted by molar-refractivity contribution is 9.10. The second kappa shape index (κ2) is 5.12. The maximum atomic E-state index is 5.56. The molecule has 0 aliphatic carbocycles. The van der Waals surface area contributed by atoms with Gasteiger partial charge in [0.25, 0.3) is 0 Å². The minimum atomic E-state index is 0.628. The van der Waals surface area contributed by atoms with E-state index in [0.717, 1.165) is 22.5 Å². The summed E-state index contributed by atoms with van der Waals surface area (Å²) in [5.41, 5.74) is 1.16. The number of aryl methyl sites for hydroxylation is 1. The average molecular weight is 282 g/mol. The Kier molecular flexibility index (Phi) is 3.56. The van der Waals surface area contributed by atoms with Crippen molar-refractivity contribution in [1.82, 2.24) is 14.8 Å². The second-order valence-corrected chi connectivity index (χ2v) is 4.17. The van der Waals surface area contributed by atoms with Crippen LogP contribution in [0, 0.1) is 0 Å². The Hall–Kier alpha value is -1.36. The summed E-state index contributed by atoms with van der Waals surface area (Å²) in [6.07, 6.45) is 4.33. The molecule has 0 unspecified atom stereocenters. The van der Waals surface area contributed by atoms with E-state index in [-0.39, 0.29) is 0 Å². The monoisotopic (exact) mass is 281 g/mol. The molecule has 0 bridgehead atoms. The molecule has 0 aliphatic rings. The fourth-order valence-corrected chi connectivity index (χ4v) is 1.60. The van der Waals surface area contributed by atoms with Gasteiger partial charge in [0.2, 0.25) is 0 Å². The molecule has 5 heteroatoms. The van der Waals surface area contributed by atoms with E-state index in [2.05, 4.69) is 26.0 Å². The van der Waals surface area contributed by atoms with Crippen LogP contribution in [0.4, 0.5) is 0 Å². The lowest BCUT2D eigenvalue weighted by Crippen LogP contribution is -2.06. The number of hydrogen-bond donors (Lipinski definition) is 0. The fraction of sp³-hybridized carbons (Fsp3) is 0.273. The van der Waals surface area contributed by atoms with Gasteiger partial charge < -0.3 is 4.74 Å². The van der Waals surface area contributed by atoms with Gasteiger partial charge in [0.05, 0.1) is 12.8 Å². The number of aromatic nitrogens is 3. The average Bonchev–Trinajstić information content (AvgIpc) is 2.68. The van der Waals surface area contributed by atoms with Crippen LogP contribution in [-0.2, 0) is 13.5 Å². The predicted molar refractivity (Wildman–Crippen MR) is 64.3 cm³/mol. The lowest BCUT2D eigenvalue weighted by molar-refractivity contribution is 0.317. The molecule has 0 aliphatic heterocycles. The highest BCUT2D eigenvalue weighted by Crippen LogP contribution is 2.12. The Morgan fingerprint density at radius 2 is 2.25 bits per heavy atom. The zero-order valence-electron chi connectivity index (χ0n) is 8.93. The van der Waals surface area contributed by atoms with Gasteiger partial charge >= 0.3 is 0 Å². The van der Waals surface area contributed by atoms with Crippen LogP contribution >= 0.6 is 15.9 Å². The number of hydrogen-bond acceptors (Lipinski definition) is 3. The molecule has 4 nitrogen and oxygen atoms in total. The van der Waals surface area contributed by atoms with E-state index < -0.39 is 0 Å². The van der Waals surface area contributed by atoms with Crippen LogP contribution in [-0.4, -0.2) is 21.4 Å². The van der Waals surface area contributed by atoms with Crippen molar-refractivity contribution in [3.05, 3.63) is 40.9 Å². The molecule has 0 saturated carbocycles. The highest BCUT2D eigenvalue weighted by atomic mass is 79.9. The van der Waals surface area contributed by atoms with E-state index in [9.17, 15) is 0 Å². The van der Waals surface area contributed by atoms with Crippen LogP contribution in [0.15, 0.2) is 35.2 Å². The van der Waals surface area contributed by atoms with Gasteiger partial charge in [-0.1, -0.05) is 0 Å². The molecule has 0 radical (unpaired) electrons. The first-order valence-electron chi connectivity index (χ1n) is 4.97. The van der Waals surface area contributed by atoms with Gasteiger partial charge in [-0.05, 0) is 34.1 Å². The molecule has 2 aromatic rings. The first kappa shape index (κ1) is 11.1. The first-order valence-corrected chi connectivity index (χ1v) is 5.76. The molecule has 0 spiro atoms. The van der Waals surface area contributed by atoms with Gasteiger partial charge in [0.1, 0.15) is 10.4 Å². The van der Waals surface area contributed by atoms with Gasteiger partial charge in [-0.2, -0.15) is 5.10 Å². The number of ether oxygens (including phenoxy) is 1. The van der Waals surface area contributed by atoms with Crippen LogP contribution in [0.3, 0.4) is 0 Å². The summed E-state index contributed by atoms with van der Waals surface area (Å²) in [4.78, 5) is 4.09. The molecular formula is C11H12BrN3O. The van der Waals surface area contributed by atoms with Crippen molar-refractivity contribution < 1.29 is 4.74 Å². The summed E-state index contributed by atoms with van der Waals surface area (Å²) < 4.78 is 8.23. The van der Waals surface area contributed by atoms with Crippen molar-refractivity contribution >= 4 is 15.9 Å². The van der Waals surface area contributed by atoms with Crippen molar-refractivity contribution in [3.8, 4) is 5.75 Å². The molecule has 0 aromatic carbocycles. The number of nitrogens with zero attached hydrogens (tertiary/aromatic N) is 3. The number of rotatable bonds is 4. The molecule has 84 valence electrons. The van der Waals surface area contributed by atoms with Crippen molar-refractivity contribution in [2.24, 2.45) is 7.05 Å². The summed E-state index contributed by atoms with van der Waals surface area (Å²) in [6.45, 7) is 0.628. The van der Waals surface area contributed by atoms with Crippen molar-refractivity contribution in [3.63, 3.8) is 0 Å². The molecule has 16 heavy (non-hydrogen) atoms. The van der Waals surface area contributed by atoms with Gasteiger partial charge in [0.15, 0.2) is 0 Å². The topological polar surface area (TPSA) is 39.9 Å². The summed E-state index contributed by atoms with van der Waals surface area (Å²) in [5, 5.41) is 4.10. The van der Waals surface area contributed by atoms with Crippen molar-refractivity contribution in [2.45, 2.75) is 6.42 Å². The lowest BCUT2D eigenvalue weighted by Gasteiger charge is -2.05. The fourth-order valence-electron chi connectivity index (χ4n) is 1.37. The van der Waals surface area contributed by atoms with E-state index >= 15 is 0 Å². The molecule has 0 saturated heterocycles. The number of halogens is 1. The van der Waals surface area contributed by atoms with Crippen LogP contribution < -0.4 is 4.74 Å². The summed E-state index contributed by atoms with van der Waals surface area (Å²) in [6, 6.07) is 5.74. The maximum absolute atomic E-state index is 5.56. The minimum Gasteiger partial charge on any atom is -0.492 e. The third-order valence-electron chi connectivity index (χ3n) is 2.25. The Labute approximate surface area is 102 Å². The van der Waals surface area contributed by atoms with Crippen LogP contribution in [0.2, 0.25) is 0 Å². The quantitative estimate of drug-likeness (QED) is 0.807. The van der Waals surface area contributed by atoms with Crippen molar-refractivity contribution in [1.29, 1.82) is 0 Å². The zero-order chi connectivity index (χ0) is 11.4. The zero-order valence-corrected chi connectivity index (χ0v) is 10.5.